The monoisotopic (exact) mass is 371 g/mol. The van der Waals surface area contributed by atoms with Gasteiger partial charge in [0.25, 0.3) is 0 Å². The van der Waals surface area contributed by atoms with E-state index in [1.165, 1.54) is 11.0 Å². The molecule has 142 valence electrons. The average molecular weight is 371 g/mol. The second kappa shape index (κ2) is 8.53. The van der Waals surface area contributed by atoms with E-state index in [0.29, 0.717) is 30.0 Å². The number of carbonyl (C=O) groups excluding carboxylic acids is 2. The van der Waals surface area contributed by atoms with Crippen molar-refractivity contribution in [3.63, 3.8) is 0 Å². The zero-order chi connectivity index (χ0) is 19.2. The molecule has 1 aliphatic heterocycles. The van der Waals surface area contributed by atoms with Crippen molar-refractivity contribution in [2.75, 3.05) is 19.0 Å². The lowest BCUT2D eigenvalue weighted by molar-refractivity contribution is -0.124. The molecule has 3 rings (SSSR count). The van der Waals surface area contributed by atoms with E-state index in [1.807, 2.05) is 0 Å². The van der Waals surface area contributed by atoms with Crippen LogP contribution in [0.15, 0.2) is 48.5 Å². The van der Waals surface area contributed by atoms with Gasteiger partial charge in [0, 0.05) is 24.3 Å². The van der Waals surface area contributed by atoms with Crippen LogP contribution in [-0.2, 0) is 11.3 Å². The normalized spacial score (nSPS) is 16.1. The lowest BCUT2D eigenvalue weighted by Gasteiger charge is -2.24. The molecule has 0 radical (unpaired) electrons. The van der Waals surface area contributed by atoms with Crippen LogP contribution < -0.4 is 15.4 Å². The van der Waals surface area contributed by atoms with E-state index in [-0.39, 0.29) is 24.3 Å². The van der Waals surface area contributed by atoms with Crippen molar-refractivity contribution in [1.82, 2.24) is 10.2 Å². The van der Waals surface area contributed by atoms with E-state index in [0.717, 1.165) is 6.42 Å². The summed E-state index contributed by atoms with van der Waals surface area (Å²) in [5, 5.41) is 5.52. The number of hydrogen-bond acceptors (Lipinski definition) is 3. The lowest BCUT2D eigenvalue weighted by Crippen LogP contribution is -2.47. The van der Waals surface area contributed by atoms with E-state index in [2.05, 4.69) is 10.6 Å². The number of urea groups is 1. The van der Waals surface area contributed by atoms with Crippen LogP contribution in [0, 0.1) is 5.82 Å². The molecule has 0 unspecified atom stereocenters. The summed E-state index contributed by atoms with van der Waals surface area (Å²) < 4.78 is 18.8. The fraction of sp³-hybridized carbons (Fsp3) is 0.300. The van der Waals surface area contributed by atoms with Crippen LogP contribution in [0.2, 0.25) is 0 Å². The second-order valence-electron chi connectivity index (χ2n) is 6.32. The zero-order valence-electron chi connectivity index (χ0n) is 15.1. The molecule has 3 amide bonds. The van der Waals surface area contributed by atoms with Crippen molar-refractivity contribution in [3.05, 3.63) is 59.9 Å². The van der Waals surface area contributed by atoms with Crippen molar-refractivity contribution in [1.29, 1.82) is 0 Å². The fourth-order valence-corrected chi connectivity index (χ4v) is 3.09. The van der Waals surface area contributed by atoms with E-state index in [9.17, 15) is 14.0 Å². The number of carbonyl (C=O) groups is 2. The Morgan fingerprint density at radius 3 is 2.63 bits per heavy atom. The maximum atomic E-state index is 13.7. The number of anilines is 1. The van der Waals surface area contributed by atoms with Crippen molar-refractivity contribution < 1.29 is 18.7 Å². The standard InChI is InChI=1S/C20H22FN3O3/c1-27-16-10-8-15(9-11-16)23-20(26)24-12-4-7-18(24)19(25)22-13-14-5-2-3-6-17(14)21/h2-3,5-6,8-11,18H,4,7,12-13H2,1H3,(H,22,25)(H,23,26)/t18-/m1/s1. The third-order valence-electron chi connectivity index (χ3n) is 4.57. The largest absolute Gasteiger partial charge is 0.497 e. The Hall–Kier alpha value is -3.09. The van der Waals surface area contributed by atoms with Crippen LogP contribution in [0.4, 0.5) is 14.9 Å². The Bertz CT molecular complexity index is 810. The number of rotatable bonds is 5. The molecular weight excluding hydrogens is 349 g/mol. The van der Waals surface area contributed by atoms with Crippen molar-refractivity contribution in [2.45, 2.75) is 25.4 Å². The van der Waals surface area contributed by atoms with Crippen molar-refractivity contribution in [3.8, 4) is 5.75 Å². The predicted octanol–water partition coefficient (Wildman–Crippen LogP) is 3.15. The van der Waals surface area contributed by atoms with Gasteiger partial charge in [-0.15, -0.1) is 0 Å². The topological polar surface area (TPSA) is 70.7 Å². The second-order valence-corrected chi connectivity index (χ2v) is 6.32. The van der Waals surface area contributed by atoms with Gasteiger partial charge < -0.3 is 20.3 Å². The van der Waals surface area contributed by atoms with Crippen LogP contribution in [0.1, 0.15) is 18.4 Å². The van der Waals surface area contributed by atoms with Gasteiger partial charge in [0.1, 0.15) is 17.6 Å². The first-order chi connectivity index (χ1) is 13.1. The van der Waals surface area contributed by atoms with Crippen LogP contribution in [0.3, 0.4) is 0 Å². The highest BCUT2D eigenvalue weighted by atomic mass is 19.1. The summed E-state index contributed by atoms with van der Waals surface area (Å²) in [4.78, 5) is 26.6. The smallest absolute Gasteiger partial charge is 0.322 e. The summed E-state index contributed by atoms with van der Waals surface area (Å²) in [5.74, 6) is 0.0542. The summed E-state index contributed by atoms with van der Waals surface area (Å²) in [5.41, 5.74) is 1.04. The number of benzene rings is 2. The summed E-state index contributed by atoms with van der Waals surface area (Å²) in [6.45, 7) is 0.593. The molecule has 1 aliphatic rings. The SMILES string of the molecule is COc1ccc(NC(=O)N2CCC[C@@H]2C(=O)NCc2ccccc2F)cc1. The van der Waals surface area contributed by atoms with E-state index in [1.54, 1.807) is 49.6 Å². The highest BCUT2D eigenvalue weighted by molar-refractivity contribution is 5.94. The summed E-state index contributed by atoms with van der Waals surface area (Å²) in [7, 11) is 1.57. The van der Waals surface area contributed by atoms with Crippen molar-refractivity contribution in [2.24, 2.45) is 0 Å². The maximum Gasteiger partial charge on any atom is 0.322 e. The summed E-state index contributed by atoms with van der Waals surface area (Å²) in [6.07, 6.45) is 1.33. The molecule has 1 atom stereocenters. The molecule has 7 heteroatoms. The van der Waals surface area contributed by atoms with Crippen molar-refractivity contribution >= 4 is 17.6 Å². The zero-order valence-corrected chi connectivity index (χ0v) is 15.1. The minimum absolute atomic E-state index is 0.0932. The average Bonchev–Trinajstić information content (AvgIpc) is 3.18. The highest BCUT2D eigenvalue weighted by Crippen LogP contribution is 2.21. The lowest BCUT2D eigenvalue weighted by atomic mass is 10.2. The molecule has 2 N–H and O–H groups in total. The number of likely N-dealkylation sites (tertiary alicyclic amines) is 1. The Balaban J connectivity index is 1.59. The molecule has 2 aromatic carbocycles. The van der Waals surface area contributed by atoms with Gasteiger partial charge in [-0.3, -0.25) is 4.79 Å². The number of methoxy groups -OCH3 is 1. The van der Waals surface area contributed by atoms with Gasteiger partial charge in [-0.2, -0.15) is 0 Å². The van der Waals surface area contributed by atoms with E-state index >= 15 is 0 Å². The molecule has 1 saturated heterocycles. The number of nitrogens with zero attached hydrogens (tertiary/aromatic N) is 1. The number of ether oxygens (including phenoxy) is 1. The van der Waals surface area contributed by atoms with Crippen LogP contribution >= 0.6 is 0 Å². The molecule has 0 bridgehead atoms. The molecule has 27 heavy (non-hydrogen) atoms. The quantitative estimate of drug-likeness (QED) is 0.848. The summed E-state index contributed by atoms with van der Waals surface area (Å²) >= 11 is 0. The van der Waals surface area contributed by atoms with E-state index < -0.39 is 6.04 Å². The summed E-state index contributed by atoms with van der Waals surface area (Å²) in [6, 6.07) is 12.4. The number of halogens is 1. The predicted molar refractivity (Wildman–Crippen MR) is 100.0 cm³/mol. The molecule has 0 spiro atoms. The van der Waals surface area contributed by atoms with Gasteiger partial charge in [0.05, 0.1) is 7.11 Å². The maximum absolute atomic E-state index is 13.7. The Morgan fingerprint density at radius 2 is 1.93 bits per heavy atom. The third kappa shape index (κ3) is 4.55. The first-order valence-electron chi connectivity index (χ1n) is 8.81. The third-order valence-corrected chi connectivity index (χ3v) is 4.57. The Labute approximate surface area is 157 Å². The molecule has 6 nitrogen and oxygen atoms in total. The number of amides is 3. The first kappa shape index (κ1) is 18.7. The first-order valence-corrected chi connectivity index (χ1v) is 8.81. The van der Waals surface area contributed by atoms with Crippen LogP contribution in [0.5, 0.6) is 5.75 Å². The highest BCUT2D eigenvalue weighted by Gasteiger charge is 2.34. The van der Waals surface area contributed by atoms with Gasteiger partial charge in [0.15, 0.2) is 0 Å². The minimum atomic E-state index is -0.560. The van der Waals surface area contributed by atoms with Gasteiger partial charge in [0.2, 0.25) is 5.91 Å². The van der Waals surface area contributed by atoms with Gasteiger partial charge >= 0.3 is 6.03 Å². The Kier molecular flexibility index (Phi) is 5.90. The van der Waals surface area contributed by atoms with Crippen LogP contribution in [-0.4, -0.2) is 36.5 Å². The van der Waals surface area contributed by atoms with Gasteiger partial charge in [-0.25, -0.2) is 9.18 Å². The number of nitrogens with one attached hydrogen (secondary N) is 2. The van der Waals surface area contributed by atoms with Gasteiger partial charge in [-0.1, -0.05) is 18.2 Å². The molecule has 2 aromatic rings. The molecule has 1 fully saturated rings. The molecule has 0 aliphatic carbocycles. The minimum Gasteiger partial charge on any atom is -0.497 e. The number of hydrogen-bond donors (Lipinski definition) is 2. The van der Waals surface area contributed by atoms with E-state index in [4.69, 9.17) is 4.74 Å². The fourth-order valence-electron chi connectivity index (χ4n) is 3.09. The Morgan fingerprint density at radius 1 is 1.19 bits per heavy atom. The molecule has 1 heterocycles. The molecule has 0 aromatic heterocycles. The molecule has 0 saturated carbocycles. The van der Waals surface area contributed by atoms with Crippen LogP contribution in [0.25, 0.3) is 0 Å². The molecular formula is C20H22FN3O3. The van der Waals surface area contributed by atoms with Gasteiger partial charge in [-0.05, 0) is 43.2 Å².